The summed E-state index contributed by atoms with van der Waals surface area (Å²) in [6.07, 6.45) is 0.794. The molecule has 0 radical (unpaired) electrons. The zero-order valence-electron chi connectivity index (χ0n) is 11.4. The molecule has 0 atom stereocenters. The van der Waals surface area contributed by atoms with Crippen LogP contribution in [0.1, 0.15) is 23.7 Å². The van der Waals surface area contributed by atoms with Crippen LogP contribution >= 0.6 is 0 Å². The minimum absolute atomic E-state index is 0.00710. The summed E-state index contributed by atoms with van der Waals surface area (Å²) < 4.78 is 4.89. The van der Waals surface area contributed by atoms with Gasteiger partial charge in [0.1, 0.15) is 0 Å². The molecule has 0 aliphatic rings. The number of ketones is 1. The number of methoxy groups -OCH3 is 1. The van der Waals surface area contributed by atoms with Gasteiger partial charge in [-0.25, -0.2) is 0 Å². The molecule has 0 saturated heterocycles. The van der Waals surface area contributed by atoms with E-state index in [0.29, 0.717) is 18.7 Å². The van der Waals surface area contributed by atoms with Crippen molar-refractivity contribution in [2.24, 2.45) is 0 Å². The van der Waals surface area contributed by atoms with Gasteiger partial charge in [-0.2, -0.15) is 0 Å². The number of carbonyl (C=O) groups excluding carboxylic acids is 2. The third kappa shape index (κ3) is 6.01. The van der Waals surface area contributed by atoms with Crippen LogP contribution in [0.2, 0.25) is 0 Å². The number of ether oxygens (including phenoxy) is 1. The summed E-state index contributed by atoms with van der Waals surface area (Å²) in [5.41, 5.74) is 1.39. The standard InChI is InChI=1S/C14H20N2O3/c1-11(17)12-5-3-6-13(9-12)16-10-14(18)15-7-4-8-19-2/h3,5-6,9,16H,4,7-8,10H2,1-2H3,(H,15,18). The zero-order valence-corrected chi connectivity index (χ0v) is 11.4. The van der Waals surface area contributed by atoms with Gasteiger partial charge in [0.05, 0.1) is 6.54 Å². The van der Waals surface area contributed by atoms with E-state index in [2.05, 4.69) is 10.6 Å². The summed E-state index contributed by atoms with van der Waals surface area (Å²) >= 11 is 0. The molecule has 5 nitrogen and oxygen atoms in total. The maximum atomic E-state index is 11.5. The number of benzene rings is 1. The zero-order chi connectivity index (χ0) is 14.1. The van der Waals surface area contributed by atoms with E-state index in [-0.39, 0.29) is 18.2 Å². The van der Waals surface area contributed by atoms with Crippen LogP contribution in [0.3, 0.4) is 0 Å². The monoisotopic (exact) mass is 264 g/mol. The highest BCUT2D eigenvalue weighted by molar-refractivity contribution is 5.95. The number of amides is 1. The summed E-state index contributed by atoms with van der Waals surface area (Å²) in [7, 11) is 1.63. The minimum Gasteiger partial charge on any atom is -0.385 e. The molecule has 0 unspecified atom stereocenters. The lowest BCUT2D eigenvalue weighted by molar-refractivity contribution is -0.119. The molecule has 0 saturated carbocycles. The first-order valence-corrected chi connectivity index (χ1v) is 6.24. The van der Waals surface area contributed by atoms with Crippen LogP contribution in [0.4, 0.5) is 5.69 Å². The normalized spacial score (nSPS) is 10.0. The Bertz CT molecular complexity index is 432. The van der Waals surface area contributed by atoms with E-state index in [1.165, 1.54) is 6.92 Å². The Hall–Kier alpha value is -1.88. The lowest BCUT2D eigenvalue weighted by Gasteiger charge is -2.08. The Morgan fingerprint density at radius 2 is 2.11 bits per heavy atom. The van der Waals surface area contributed by atoms with E-state index in [1.807, 2.05) is 6.07 Å². The third-order valence-electron chi connectivity index (χ3n) is 2.57. The molecule has 5 heteroatoms. The fraction of sp³-hybridized carbons (Fsp3) is 0.429. The maximum absolute atomic E-state index is 11.5. The van der Waals surface area contributed by atoms with Crippen molar-refractivity contribution in [1.29, 1.82) is 0 Å². The summed E-state index contributed by atoms with van der Waals surface area (Å²) in [4.78, 5) is 22.7. The Kier molecular flexibility index (Phi) is 6.60. The SMILES string of the molecule is COCCCNC(=O)CNc1cccc(C(C)=O)c1. The van der Waals surface area contributed by atoms with Gasteiger partial charge in [0.2, 0.25) is 5.91 Å². The number of hydrogen-bond donors (Lipinski definition) is 2. The van der Waals surface area contributed by atoms with Gasteiger partial charge < -0.3 is 15.4 Å². The Morgan fingerprint density at radius 3 is 2.79 bits per heavy atom. The fourth-order valence-electron chi connectivity index (χ4n) is 1.54. The van der Waals surface area contributed by atoms with Crippen molar-refractivity contribution in [2.45, 2.75) is 13.3 Å². The molecule has 0 aliphatic carbocycles. The molecule has 1 amide bonds. The molecule has 1 rings (SSSR count). The quantitative estimate of drug-likeness (QED) is 0.551. The summed E-state index contributed by atoms with van der Waals surface area (Å²) in [6.45, 7) is 2.94. The van der Waals surface area contributed by atoms with Crippen LogP contribution in [-0.4, -0.2) is 38.5 Å². The van der Waals surface area contributed by atoms with E-state index < -0.39 is 0 Å². The predicted molar refractivity (Wildman–Crippen MR) is 74.4 cm³/mol. The smallest absolute Gasteiger partial charge is 0.239 e. The minimum atomic E-state index is -0.0793. The van der Waals surface area contributed by atoms with Crippen molar-refractivity contribution in [2.75, 3.05) is 32.1 Å². The van der Waals surface area contributed by atoms with Crippen molar-refractivity contribution < 1.29 is 14.3 Å². The highest BCUT2D eigenvalue weighted by atomic mass is 16.5. The highest BCUT2D eigenvalue weighted by Crippen LogP contribution is 2.10. The molecule has 1 aromatic carbocycles. The highest BCUT2D eigenvalue weighted by Gasteiger charge is 2.03. The van der Waals surface area contributed by atoms with Gasteiger partial charge in [-0.15, -0.1) is 0 Å². The summed E-state index contributed by atoms with van der Waals surface area (Å²) in [6, 6.07) is 7.10. The van der Waals surface area contributed by atoms with Gasteiger partial charge >= 0.3 is 0 Å². The lowest BCUT2D eigenvalue weighted by Crippen LogP contribution is -2.31. The Morgan fingerprint density at radius 1 is 1.32 bits per heavy atom. The largest absolute Gasteiger partial charge is 0.385 e. The third-order valence-corrected chi connectivity index (χ3v) is 2.57. The number of hydrogen-bond acceptors (Lipinski definition) is 4. The first kappa shape index (κ1) is 15.2. The molecule has 19 heavy (non-hydrogen) atoms. The van der Waals surface area contributed by atoms with Crippen LogP contribution in [0, 0.1) is 0 Å². The molecular weight excluding hydrogens is 244 g/mol. The van der Waals surface area contributed by atoms with E-state index in [4.69, 9.17) is 4.74 Å². The van der Waals surface area contributed by atoms with Crippen LogP contribution in [-0.2, 0) is 9.53 Å². The average molecular weight is 264 g/mol. The summed E-state index contributed by atoms with van der Waals surface area (Å²) in [5, 5.41) is 5.76. The molecule has 2 N–H and O–H groups in total. The van der Waals surface area contributed by atoms with Crippen molar-refractivity contribution in [3.05, 3.63) is 29.8 Å². The number of anilines is 1. The molecule has 1 aromatic rings. The first-order valence-electron chi connectivity index (χ1n) is 6.24. The van der Waals surface area contributed by atoms with E-state index >= 15 is 0 Å². The second kappa shape index (κ2) is 8.26. The topological polar surface area (TPSA) is 67.4 Å². The van der Waals surface area contributed by atoms with Crippen LogP contribution in [0.25, 0.3) is 0 Å². The number of carbonyl (C=O) groups is 2. The Balaban J connectivity index is 2.33. The second-order valence-corrected chi connectivity index (χ2v) is 4.19. The molecule has 0 heterocycles. The number of Topliss-reactive ketones (excluding diaryl/α,β-unsaturated/α-hetero) is 1. The Labute approximate surface area is 113 Å². The summed E-state index contributed by atoms with van der Waals surface area (Å²) in [5.74, 6) is -0.0722. The molecule has 0 aromatic heterocycles. The predicted octanol–water partition coefficient (Wildman–Crippen LogP) is 1.45. The van der Waals surface area contributed by atoms with Gasteiger partial charge in [0.25, 0.3) is 0 Å². The number of nitrogens with one attached hydrogen (secondary N) is 2. The van der Waals surface area contributed by atoms with Crippen molar-refractivity contribution in [3.63, 3.8) is 0 Å². The van der Waals surface area contributed by atoms with Crippen molar-refractivity contribution >= 4 is 17.4 Å². The molecule has 0 bridgehead atoms. The van der Waals surface area contributed by atoms with Gasteiger partial charge in [-0.05, 0) is 25.5 Å². The molecule has 0 aliphatic heterocycles. The number of rotatable bonds is 8. The molecule has 0 spiro atoms. The van der Waals surface area contributed by atoms with Gasteiger partial charge in [-0.1, -0.05) is 12.1 Å². The molecule has 104 valence electrons. The fourth-order valence-corrected chi connectivity index (χ4v) is 1.54. The average Bonchev–Trinajstić information content (AvgIpc) is 2.41. The molecular formula is C14H20N2O3. The van der Waals surface area contributed by atoms with Crippen LogP contribution in [0.15, 0.2) is 24.3 Å². The van der Waals surface area contributed by atoms with Gasteiger partial charge in [0.15, 0.2) is 5.78 Å². The second-order valence-electron chi connectivity index (χ2n) is 4.19. The van der Waals surface area contributed by atoms with Crippen molar-refractivity contribution in [1.82, 2.24) is 5.32 Å². The maximum Gasteiger partial charge on any atom is 0.239 e. The lowest BCUT2D eigenvalue weighted by atomic mass is 10.1. The van der Waals surface area contributed by atoms with E-state index in [0.717, 1.165) is 12.1 Å². The molecule has 0 fully saturated rings. The van der Waals surface area contributed by atoms with Crippen LogP contribution < -0.4 is 10.6 Å². The van der Waals surface area contributed by atoms with Gasteiger partial charge in [-0.3, -0.25) is 9.59 Å². The van der Waals surface area contributed by atoms with Crippen molar-refractivity contribution in [3.8, 4) is 0 Å². The van der Waals surface area contributed by atoms with E-state index in [1.54, 1.807) is 25.3 Å². The first-order chi connectivity index (χ1) is 9.13. The van der Waals surface area contributed by atoms with Gasteiger partial charge in [0, 0.05) is 31.5 Å². The van der Waals surface area contributed by atoms with E-state index in [9.17, 15) is 9.59 Å². The van der Waals surface area contributed by atoms with Crippen LogP contribution in [0.5, 0.6) is 0 Å².